The Kier molecular flexibility index (Phi) is 6.19. The molecule has 6 rings (SSSR count). The molecular weight excluding hydrogens is 476 g/mol. The van der Waals surface area contributed by atoms with Gasteiger partial charge in [0.25, 0.3) is 0 Å². The summed E-state index contributed by atoms with van der Waals surface area (Å²) in [7, 11) is 0. The van der Waals surface area contributed by atoms with E-state index in [4.69, 9.17) is 4.74 Å². The van der Waals surface area contributed by atoms with Crippen molar-refractivity contribution < 1.29 is 9.53 Å². The van der Waals surface area contributed by atoms with Crippen molar-refractivity contribution >= 4 is 5.97 Å². The van der Waals surface area contributed by atoms with Gasteiger partial charge in [-0.1, -0.05) is 95.7 Å². The number of carbonyl (C=O) groups is 1. The van der Waals surface area contributed by atoms with Gasteiger partial charge in [-0.3, -0.25) is 4.79 Å². The summed E-state index contributed by atoms with van der Waals surface area (Å²) >= 11 is 0. The fraction of sp³-hybridized carbons (Fsp3) is 0.703. The molecule has 39 heavy (non-hydrogen) atoms. The van der Waals surface area contributed by atoms with Crippen LogP contribution in [0.25, 0.3) is 0 Å². The van der Waals surface area contributed by atoms with Crippen LogP contribution >= 0.6 is 0 Å². The van der Waals surface area contributed by atoms with Gasteiger partial charge in [0, 0.05) is 0 Å². The molecule has 0 aromatic heterocycles. The number of allylic oxidation sites excluding steroid dienone is 4. The lowest BCUT2D eigenvalue weighted by molar-refractivity contribution is -0.171. The molecule has 0 heterocycles. The van der Waals surface area contributed by atoms with Crippen LogP contribution in [0.3, 0.4) is 0 Å². The Bertz CT molecular complexity index is 1190. The molecule has 0 amide bonds. The molecule has 2 heteroatoms. The molecule has 0 N–H and O–H groups in total. The van der Waals surface area contributed by atoms with Crippen molar-refractivity contribution in [1.29, 1.82) is 0 Å². The number of ether oxygens (including phenoxy) is 1. The predicted molar refractivity (Wildman–Crippen MR) is 160 cm³/mol. The molecule has 3 unspecified atom stereocenters. The van der Waals surface area contributed by atoms with E-state index in [1.807, 2.05) is 30.3 Å². The first-order valence-electron chi connectivity index (χ1n) is 15.9. The van der Waals surface area contributed by atoms with E-state index in [2.05, 4.69) is 66.7 Å². The van der Waals surface area contributed by atoms with Crippen molar-refractivity contribution in [2.24, 2.45) is 50.2 Å². The van der Waals surface area contributed by atoms with E-state index >= 15 is 0 Å². The number of esters is 1. The molecule has 0 saturated heterocycles. The standard InChI is InChI=1S/C37H52O2/c1-32(2)17-11-18-35(5)29(32)16-19-37(7)30(35)15-14-27-28-24-34(4,21-20-33(28,3)22-23-36(27,37)6)31(38)39-25-26-12-9-8-10-13-26/h8-14,17,28-30H,15-16,18-25H2,1-7H3/t28?,29?,30?,33-,34+,35+,36-,37-/m1/s1. The molecule has 5 aliphatic carbocycles. The lowest BCUT2D eigenvalue weighted by atomic mass is 9.34. The average molecular weight is 529 g/mol. The van der Waals surface area contributed by atoms with Gasteiger partial charge < -0.3 is 4.74 Å². The van der Waals surface area contributed by atoms with E-state index < -0.39 is 5.41 Å². The van der Waals surface area contributed by atoms with E-state index in [0.717, 1.165) is 36.7 Å². The highest BCUT2D eigenvalue weighted by molar-refractivity contribution is 5.76. The summed E-state index contributed by atoms with van der Waals surface area (Å²) in [5, 5.41) is 0. The van der Waals surface area contributed by atoms with Gasteiger partial charge >= 0.3 is 5.97 Å². The zero-order valence-corrected chi connectivity index (χ0v) is 25.7. The third kappa shape index (κ3) is 3.89. The fourth-order valence-electron chi connectivity index (χ4n) is 11.0. The zero-order valence-electron chi connectivity index (χ0n) is 25.7. The Labute approximate surface area is 238 Å². The molecule has 1 aromatic carbocycles. The Morgan fingerprint density at radius 2 is 1.62 bits per heavy atom. The third-order valence-corrected chi connectivity index (χ3v) is 13.8. The van der Waals surface area contributed by atoms with Crippen LogP contribution in [0.4, 0.5) is 0 Å². The minimum Gasteiger partial charge on any atom is -0.460 e. The normalized spacial score (nSPS) is 46.1. The second-order valence-corrected chi connectivity index (χ2v) is 16.3. The van der Waals surface area contributed by atoms with Crippen LogP contribution in [0.1, 0.15) is 112 Å². The number of rotatable bonds is 3. The summed E-state index contributed by atoms with van der Waals surface area (Å²) in [4.78, 5) is 13.6. The Morgan fingerprint density at radius 1 is 0.897 bits per heavy atom. The summed E-state index contributed by atoms with van der Waals surface area (Å²) in [5.74, 6) is 1.96. The molecule has 0 aliphatic heterocycles. The first-order chi connectivity index (χ1) is 18.3. The Morgan fingerprint density at radius 3 is 2.36 bits per heavy atom. The van der Waals surface area contributed by atoms with E-state index in [1.165, 1.54) is 38.5 Å². The maximum Gasteiger partial charge on any atom is 0.312 e. The molecule has 0 spiro atoms. The first-order valence-corrected chi connectivity index (χ1v) is 15.9. The van der Waals surface area contributed by atoms with Gasteiger partial charge in [-0.2, -0.15) is 0 Å². The van der Waals surface area contributed by atoms with Crippen LogP contribution in [0.2, 0.25) is 0 Å². The number of benzene rings is 1. The quantitative estimate of drug-likeness (QED) is 0.288. The lowest BCUT2D eigenvalue weighted by Gasteiger charge is -2.70. The Hall–Kier alpha value is -1.83. The molecule has 5 aliphatic rings. The second kappa shape index (κ2) is 8.83. The van der Waals surface area contributed by atoms with Gasteiger partial charge in [-0.25, -0.2) is 0 Å². The van der Waals surface area contributed by atoms with Crippen LogP contribution < -0.4 is 0 Å². The van der Waals surface area contributed by atoms with Crippen molar-refractivity contribution in [1.82, 2.24) is 0 Å². The highest BCUT2D eigenvalue weighted by Gasteiger charge is 2.67. The van der Waals surface area contributed by atoms with E-state index in [1.54, 1.807) is 5.57 Å². The summed E-state index contributed by atoms with van der Waals surface area (Å²) in [6.07, 6.45) is 18.5. The molecule has 8 atom stereocenters. The van der Waals surface area contributed by atoms with Gasteiger partial charge in [-0.05, 0) is 115 Å². The van der Waals surface area contributed by atoms with Crippen molar-refractivity contribution in [3.05, 3.63) is 59.7 Å². The smallest absolute Gasteiger partial charge is 0.312 e. The molecule has 3 fully saturated rings. The molecule has 1 aromatic rings. The van der Waals surface area contributed by atoms with Crippen LogP contribution in [0.15, 0.2) is 54.1 Å². The zero-order chi connectivity index (χ0) is 27.9. The van der Waals surface area contributed by atoms with Gasteiger partial charge in [0.05, 0.1) is 5.41 Å². The summed E-state index contributed by atoms with van der Waals surface area (Å²) < 4.78 is 5.98. The van der Waals surface area contributed by atoms with Crippen molar-refractivity contribution in [2.45, 2.75) is 113 Å². The molecule has 212 valence electrons. The van der Waals surface area contributed by atoms with Crippen LogP contribution in [0, 0.1) is 50.2 Å². The molecule has 3 saturated carbocycles. The minimum atomic E-state index is -0.405. The molecule has 2 nitrogen and oxygen atoms in total. The van der Waals surface area contributed by atoms with Gasteiger partial charge in [0.1, 0.15) is 6.61 Å². The number of hydrogen-bond donors (Lipinski definition) is 0. The highest BCUT2D eigenvalue weighted by atomic mass is 16.5. The monoisotopic (exact) mass is 528 g/mol. The van der Waals surface area contributed by atoms with Gasteiger partial charge in [0.15, 0.2) is 0 Å². The highest BCUT2D eigenvalue weighted by Crippen LogP contribution is 2.75. The predicted octanol–water partition coefficient (Wildman–Crippen LogP) is 9.70. The van der Waals surface area contributed by atoms with E-state index in [9.17, 15) is 4.79 Å². The fourth-order valence-corrected chi connectivity index (χ4v) is 11.0. The largest absolute Gasteiger partial charge is 0.460 e. The molecule has 0 bridgehead atoms. The van der Waals surface area contributed by atoms with E-state index in [0.29, 0.717) is 28.8 Å². The lowest BCUT2D eigenvalue weighted by Crippen LogP contribution is -2.62. The van der Waals surface area contributed by atoms with Crippen LogP contribution in [0.5, 0.6) is 0 Å². The average Bonchev–Trinajstić information content (AvgIpc) is 2.89. The molecule has 0 radical (unpaired) electrons. The summed E-state index contributed by atoms with van der Waals surface area (Å²) in [5.41, 5.74) is 3.85. The van der Waals surface area contributed by atoms with Gasteiger partial charge in [-0.15, -0.1) is 0 Å². The topological polar surface area (TPSA) is 26.3 Å². The third-order valence-electron chi connectivity index (χ3n) is 13.8. The number of carbonyl (C=O) groups excluding carboxylic acids is 1. The number of hydrogen-bond acceptors (Lipinski definition) is 2. The maximum absolute atomic E-state index is 13.6. The van der Waals surface area contributed by atoms with Crippen molar-refractivity contribution in [2.75, 3.05) is 0 Å². The number of fused-ring (bicyclic) bond motifs is 7. The second-order valence-electron chi connectivity index (χ2n) is 16.3. The molecular formula is C37H52O2. The van der Waals surface area contributed by atoms with Crippen molar-refractivity contribution in [3.8, 4) is 0 Å². The van der Waals surface area contributed by atoms with Crippen LogP contribution in [-0.2, 0) is 16.1 Å². The summed E-state index contributed by atoms with van der Waals surface area (Å²) in [6.45, 7) is 18.0. The maximum atomic E-state index is 13.6. The van der Waals surface area contributed by atoms with Crippen LogP contribution in [-0.4, -0.2) is 5.97 Å². The van der Waals surface area contributed by atoms with Gasteiger partial charge in [0.2, 0.25) is 0 Å². The Balaban J connectivity index is 1.30. The van der Waals surface area contributed by atoms with Crippen molar-refractivity contribution in [3.63, 3.8) is 0 Å². The van der Waals surface area contributed by atoms with E-state index in [-0.39, 0.29) is 16.8 Å². The minimum absolute atomic E-state index is 0.00502. The summed E-state index contributed by atoms with van der Waals surface area (Å²) in [6, 6.07) is 10.1. The first kappa shape index (κ1) is 27.3. The SMILES string of the molecule is CC1(C)C=CC[C@@]2(C)C1CC[C@]1(C)C2CC=C2C3C[C@@](C)(C(=O)OCc4ccccc4)CC[C@]3(C)CC[C@]21C.